The van der Waals surface area contributed by atoms with Gasteiger partial charge in [0.25, 0.3) is 0 Å². The molecule has 1 aliphatic carbocycles. The van der Waals surface area contributed by atoms with Gasteiger partial charge in [-0.3, -0.25) is 5.43 Å². The largest absolute Gasteiger partial charge is 0.341 e. The average Bonchev–Trinajstić information content (AvgIpc) is 2.46. The Bertz CT molecular complexity index is 434. The fourth-order valence-corrected chi connectivity index (χ4v) is 2.75. The first kappa shape index (κ1) is 13.4. The first-order valence-electron chi connectivity index (χ1n) is 7.48. The van der Waals surface area contributed by atoms with E-state index in [1.807, 2.05) is 0 Å². The number of nitrogen functional groups attached to an aromatic ring is 1. The van der Waals surface area contributed by atoms with Crippen molar-refractivity contribution in [2.24, 2.45) is 5.84 Å². The molecular weight excluding hydrogens is 254 g/mol. The van der Waals surface area contributed by atoms with Gasteiger partial charge < -0.3 is 9.80 Å². The predicted molar refractivity (Wildman–Crippen MR) is 79.7 cm³/mol. The van der Waals surface area contributed by atoms with E-state index in [1.165, 1.54) is 38.5 Å². The lowest BCUT2D eigenvalue weighted by molar-refractivity contribution is 0.397. The van der Waals surface area contributed by atoms with Gasteiger partial charge in [-0.05, 0) is 38.5 Å². The highest BCUT2D eigenvalue weighted by molar-refractivity contribution is 5.45. The highest BCUT2D eigenvalue weighted by Crippen LogP contribution is 2.27. The summed E-state index contributed by atoms with van der Waals surface area (Å²) in [7, 11) is 2.06. The van der Waals surface area contributed by atoms with Gasteiger partial charge in [-0.2, -0.15) is 15.0 Å². The van der Waals surface area contributed by atoms with E-state index in [2.05, 4.69) is 37.2 Å². The second-order valence-corrected chi connectivity index (χ2v) is 5.65. The van der Waals surface area contributed by atoms with Gasteiger partial charge in [0.2, 0.25) is 17.8 Å². The van der Waals surface area contributed by atoms with Gasteiger partial charge in [-0.25, -0.2) is 5.84 Å². The Morgan fingerprint density at radius 2 is 1.85 bits per heavy atom. The molecular formula is C13H23N7. The van der Waals surface area contributed by atoms with Gasteiger partial charge in [-0.1, -0.05) is 0 Å². The van der Waals surface area contributed by atoms with E-state index in [0.717, 1.165) is 25.0 Å². The summed E-state index contributed by atoms with van der Waals surface area (Å²) in [6, 6.07) is 0.553. The molecule has 7 heteroatoms. The van der Waals surface area contributed by atoms with Crippen molar-refractivity contribution in [2.45, 2.75) is 44.6 Å². The highest BCUT2D eigenvalue weighted by Gasteiger charge is 2.25. The maximum atomic E-state index is 5.50. The summed E-state index contributed by atoms with van der Waals surface area (Å²) >= 11 is 0. The molecule has 0 spiro atoms. The van der Waals surface area contributed by atoms with Gasteiger partial charge in [0.05, 0.1) is 0 Å². The molecule has 1 aliphatic heterocycles. The molecule has 1 aromatic heterocycles. The summed E-state index contributed by atoms with van der Waals surface area (Å²) in [4.78, 5) is 17.8. The van der Waals surface area contributed by atoms with Crippen LogP contribution >= 0.6 is 0 Å². The molecule has 2 heterocycles. The molecule has 0 aromatic carbocycles. The van der Waals surface area contributed by atoms with Crippen LogP contribution in [0.3, 0.4) is 0 Å². The van der Waals surface area contributed by atoms with E-state index in [9.17, 15) is 0 Å². The Kier molecular flexibility index (Phi) is 3.86. The zero-order chi connectivity index (χ0) is 13.9. The molecule has 110 valence electrons. The van der Waals surface area contributed by atoms with Crippen molar-refractivity contribution in [3.05, 3.63) is 0 Å². The van der Waals surface area contributed by atoms with E-state index in [-0.39, 0.29) is 0 Å². The smallest absolute Gasteiger partial charge is 0.243 e. The summed E-state index contributed by atoms with van der Waals surface area (Å²) in [6.07, 6.45) is 7.41. The molecule has 1 aromatic rings. The summed E-state index contributed by atoms with van der Waals surface area (Å²) in [6.45, 7) is 2.03. The molecule has 1 saturated carbocycles. The minimum Gasteiger partial charge on any atom is -0.341 e. The SMILES string of the molecule is CN(c1nc(NN)nc(N2CCCCC2)n1)C1CCC1. The summed E-state index contributed by atoms with van der Waals surface area (Å²) in [5.74, 6) is 7.41. The minimum absolute atomic E-state index is 0.446. The molecule has 0 bridgehead atoms. The van der Waals surface area contributed by atoms with Crippen molar-refractivity contribution >= 4 is 17.8 Å². The second-order valence-electron chi connectivity index (χ2n) is 5.65. The normalized spacial score (nSPS) is 19.6. The highest BCUT2D eigenvalue weighted by atomic mass is 15.4. The third-order valence-electron chi connectivity index (χ3n) is 4.32. The first-order chi connectivity index (χ1) is 9.78. The molecule has 1 saturated heterocycles. The number of piperidine rings is 1. The van der Waals surface area contributed by atoms with E-state index in [4.69, 9.17) is 5.84 Å². The molecule has 0 unspecified atom stereocenters. The van der Waals surface area contributed by atoms with Crippen LogP contribution in [0.25, 0.3) is 0 Å². The number of rotatable bonds is 4. The Balaban J connectivity index is 1.85. The van der Waals surface area contributed by atoms with E-state index >= 15 is 0 Å². The van der Waals surface area contributed by atoms with Gasteiger partial charge in [-0.15, -0.1) is 0 Å². The van der Waals surface area contributed by atoms with Crippen LogP contribution in [0.2, 0.25) is 0 Å². The number of aromatic nitrogens is 3. The van der Waals surface area contributed by atoms with E-state index < -0.39 is 0 Å². The van der Waals surface area contributed by atoms with Gasteiger partial charge in [0, 0.05) is 26.2 Å². The number of hydrazine groups is 1. The topological polar surface area (TPSA) is 83.2 Å². The van der Waals surface area contributed by atoms with E-state index in [0.29, 0.717) is 12.0 Å². The maximum Gasteiger partial charge on any atom is 0.243 e. The van der Waals surface area contributed by atoms with Crippen molar-refractivity contribution < 1.29 is 0 Å². The average molecular weight is 277 g/mol. The summed E-state index contributed by atoms with van der Waals surface area (Å²) in [5, 5.41) is 0. The van der Waals surface area contributed by atoms with Crippen LogP contribution in [0, 0.1) is 0 Å². The van der Waals surface area contributed by atoms with E-state index in [1.54, 1.807) is 0 Å². The van der Waals surface area contributed by atoms with Crippen LogP contribution in [0.1, 0.15) is 38.5 Å². The van der Waals surface area contributed by atoms with Crippen molar-refractivity contribution in [1.82, 2.24) is 15.0 Å². The molecule has 2 fully saturated rings. The van der Waals surface area contributed by atoms with Crippen LogP contribution in [0.4, 0.5) is 17.8 Å². The van der Waals surface area contributed by atoms with Crippen LogP contribution in [0.15, 0.2) is 0 Å². The Morgan fingerprint density at radius 3 is 2.45 bits per heavy atom. The van der Waals surface area contributed by atoms with Crippen molar-refractivity contribution in [2.75, 3.05) is 35.4 Å². The fourth-order valence-electron chi connectivity index (χ4n) is 2.75. The lowest BCUT2D eigenvalue weighted by Crippen LogP contribution is -2.39. The number of hydrogen-bond donors (Lipinski definition) is 2. The lowest BCUT2D eigenvalue weighted by atomic mass is 9.92. The number of hydrogen-bond acceptors (Lipinski definition) is 7. The van der Waals surface area contributed by atoms with Gasteiger partial charge >= 0.3 is 0 Å². The molecule has 20 heavy (non-hydrogen) atoms. The standard InChI is InChI=1S/C13H23N7/c1-19(10-6-5-7-10)12-15-11(18-14)16-13(17-12)20-8-3-2-4-9-20/h10H,2-9,14H2,1H3,(H,15,16,17,18). The van der Waals surface area contributed by atoms with Crippen LogP contribution in [-0.4, -0.2) is 41.1 Å². The van der Waals surface area contributed by atoms with Crippen molar-refractivity contribution in [3.8, 4) is 0 Å². The van der Waals surface area contributed by atoms with Crippen LogP contribution in [0.5, 0.6) is 0 Å². The van der Waals surface area contributed by atoms with Crippen molar-refractivity contribution in [3.63, 3.8) is 0 Å². The van der Waals surface area contributed by atoms with Crippen LogP contribution < -0.4 is 21.1 Å². The predicted octanol–water partition coefficient (Wildman–Crippen LogP) is 1.14. The first-order valence-corrected chi connectivity index (χ1v) is 7.48. The number of nitrogens with one attached hydrogen (secondary N) is 1. The Hall–Kier alpha value is -1.63. The van der Waals surface area contributed by atoms with Gasteiger partial charge in [0.1, 0.15) is 0 Å². The molecule has 0 radical (unpaired) electrons. The summed E-state index contributed by atoms with van der Waals surface area (Å²) in [5.41, 5.74) is 2.56. The molecule has 0 atom stereocenters. The molecule has 7 nitrogen and oxygen atoms in total. The van der Waals surface area contributed by atoms with Crippen LogP contribution in [-0.2, 0) is 0 Å². The lowest BCUT2D eigenvalue weighted by Gasteiger charge is -2.35. The molecule has 3 N–H and O–H groups in total. The Labute approximate surface area is 119 Å². The monoisotopic (exact) mass is 277 g/mol. The number of nitrogens with zero attached hydrogens (tertiary/aromatic N) is 5. The third kappa shape index (κ3) is 2.63. The fraction of sp³-hybridized carbons (Fsp3) is 0.769. The third-order valence-corrected chi connectivity index (χ3v) is 4.32. The zero-order valence-electron chi connectivity index (χ0n) is 12.0. The summed E-state index contributed by atoms with van der Waals surface area (Å²) < 4.78 is 0. The second kappa shape index (κ2) is 5.78. The number of nitrogens with two attached hydrogens (primary N) is 1. The van der Waals surface area contributed by atoms with Gasteiger partial charge in [0.15, 0.2) is 0 Å². The van der Waals surface area contributed by atoms with Crippen molar-refractivity contribution in [1.29, 1.82) is 0 Å². The molecule has 3 rings (SSSR count). The molecule has 0 amide bonds. The quantitative estimate of drug-likeness (QED) is 0.630. The number of anilines is 3. The zero-order valence-corrected chi connectivity index (χ0v) is 12.0. The maximum absolute atomic E-state index is 5.50. The molecule has 2 aliphatic rings. The minimum atomic E-state index is 0.446. The Morgan fingerprint density at radius 1 is 1.10 bits per heavy atom.